The van der Waals surface area contributed by atoms with Crippen LogP contribution in [0.5, 0.6) is 0 Å². The van der Waals surface area contributed by atoms with Gasteiger partial charge in [0.25, 0.3) is 0 Å². The number of nitrogens with zero attached hydrogens (tertiary/aromatic N) is 5. The number of ether oxygens (including phenoxy) is 1. The molecule has 138 valence electrons. The molecule has 3 aromatic rings. The van der Waals surface area contributed by atoms with Crippen LogP contribution in [-0.4, -0.2) is 43.9 Å². The maximum Gasteiger partial charge on any atom is 0.369 e. The zero-order valence-electron chi connectivity index (χ0n) is 15.0. The second-order valence-electron chi connectivity index (χ2n) is 5.99. The summed E-state index contributed by atoms with van der Waals surface area (Å²) in [5.74, 6) is -0.156. The largest absolute Gasteiger partial charge is 0.385 e. The highest BCUT2D eigenvalue weighted by Crippen LogP contribution is 2.17. The highest BCUT2D eigenvalue weighted by atomic mass is 32.1. The van der Waals surface area contributed by atoms with Gasteiger partial charge in [-0.1, -0.05) is 0 Å². The molecular weight excluding hydrogens is 354 g/mol. The van der Waals surface area contributed by atoms with Crippen molar-refractivity contribution in [3.05, 3.63) is 51.0 Å². The Morgan fingerprint density at radius 2 is 2.12 bits per heavy atom. The normalized spacial score (nSPS) is 11.2. The standard InChI is InChI=1S/C17H21N5O3S/c1-12-10-14(13(2)20(12)7-5-8-25-3)15(23)11-21-17(24)22(19-18-21)16-6-4-9-26-16/h4,6,9-10H,5,7-8,11H2,1-3H3. The quantitative estimate of drug-likeness (QED) is 0.443. The van der Waals surface area contributed by atoms with E-state index in [1.54, 1.807) is 13.2 Å². The SMILES string of the molecule is COCCCn1c(C)cc(C(=O)Cn2nnn(-c3cccs3)c2=O)c1C. The fraction of sp³-hybridized carbons (Fsp3) is 0.412. The number of rotatable bonds is 8. The van der Waals surface area contributed by atoms with Gasteiger partial charge in [0.1, 0.15) is 11.5 Å². The first-order valence-electron chi connectivity index (χ1n) is 8.28. The lowest BCUT2D eigenvalue weighted by Gasteiger charge is -2.09. The van der Waals surface area contributed by atoms with Gasteiger partial charge in [0.15, 0.2) is 5.78 Å². The third-order valence-corrected chi connectivity index (χ3v) is 5.10. The smallest absolute Gasteiger partial charge is 0.369 e. The van der Waals surface area contributed by atoms with Crippen LogP contribution in [0.15, 0.2) is 28.4 Å². The van der Waals surface area contributed by atoms with Gasteiger partial charge in [-0.15, -0.1) is 11.3 Å². The third kappa shape index (κ3) is 3.54. The van der Waals surface area contributed by atoms with Crippen LogP contribution in [-0.2, 0) is 17.8 Å². The van der Waals surface area contributed by atoms with Gasteiger partial charge < -0.3 is 9.30 Å². The van der Waals surface area contributed by atoms with Gasteiger partial charge in [0, 0.05) is 37.2 Å². The van der Waals surface area contributed by atoms with Crippen molar-refractivity contribution in [3.8, 4) is 5.00 Å². The summed E-state index contributed by atoms with van der Waals surface area (Å²) >= 11 is 1.38. The van der Waals surface area contributed by atoms with E-state index in [1.807, 2.05) is 31.4 Å². The predicted octanol–water partition coefficient (Wildman–Crippen LogP) is 1.83. The molecule has 26 heavy (non-hydrogen) atoms. The summed E-state index contributed by atoms with van der Waals surface area (Å²) in [6.45, 7) is 5.20. The lowest BCUT2D eigenvalue weighted by Crippen LogP contribution is -2.27. The van der Waals surface area contributed by atoms with Crippen LogP contribution in [0.2, 0.25) is 0 Å². The van der Waals surface area contributed by atoms with Gasteiger partial charge in [-0.2, -0.15) is 9.36 Å². The molecule has 3 aromatic heterocycles. The Hall–Kier alpha value is -2.52. The Balaban J connectivity index is 1.79. The number of carbonyl (C=O) groups is 1. The van der Waals surface area contributed by atoms with Crippen molar-refractivity contribution in [2.75, 3.05) is 13.7 Å². The molecule has 0 bridgehead atoms. The number of aryl methyl sites for hydroxylation is 1. The summed E-state index contributed by atoms with van der Waals surface area (Å²) in [6, 6.07) is 5.47. The lowest BCUT2D eigenvalue weighted by atomic mass is 10.1. The molecule has 0 N–H and O–H groups in total. The Morgan fingerprint density at radius 3 is 2.81 bits per heavy atom. The van der Waals surface area contributed by atoms with Crippen LogP contribution >= 0.6 is 11.3 Å². The van der Waals surface area contributed by atoms with Crippen molar-refractivity contribution in [3.63, 3.8) is 0 Å². The monoisotopic (exact) mass is 375 g/mol. The fourth-order valence-electron chi connectivity index (χ4n) is 2.92. The Kier molecular flexibility index (Phi) is 5.48. The number of methoxy groups -OCH3 is 1. The third-order valence-electron chi connectivity index (χ3n) is 4.25. The summed E-state index contributed by atoms with van der Waals surface area (Å²) < 4.78 is 9.48. The maximum atomic E-state index is 12.7. The second-order valence-corrected chi connectivity index (χ2v) is 6.91. The molecule has 0 aliphatic rings. The van der Waals surface area contributed by atoms with Gasteiger partial charge in [-0.3, -0.25) is 4.79 Å². The fourth-order valence-corrected chi connectivity index (χ4v) is 3.59. The maximum absolute atomic E-state index is 12.7. The first-order chi connectivity index (χ1) is 12.5. The highest BCUT2D eigenvalue weighted by molar-refractivity contribution is 7.12. The number of tetrazole rings is 1. The molecule has 0 atom stereocenters. The number of carbonyl (C=O) groups excluding carboxylic acids is 1. The van der Waals surface area contributed by atoms with Gasteiger partial charge in [0.2, 0.25) is 0 Å². The van der Waals surface area contributed by atoms with E-state index in [0.29, 0.717) is 17.2 Å². The zero-order valence-corrected chi connectivity index (χ0v) is 15.8. The van der Waals surface area contributed by atoms with Crippen molar-refractivity contribution < 1.29 is 9.53 Å². The van der Waals surface area contributed by atoms with Crippen molar-refractivity contribution in [1.82, 2.24) is 24.4 Å². The zero-order chi connectivity index (χ0) is 18.7. The molecular formula is C17H21N5O3S. The molecule has 0 saturated heterocycles. The molecule has 0 aliphatic carbocycles. The van der Waals surface area contributed by atoms with E-state index >= 15 is 0 Å². The van der Waals surface area contributed by atoms with Gasteiger partial charge in [-0.25, -0.2) is 4.79 Å². The van der Waals surface area contributed by atoms with Crippen molar-refractivity contribution in [2.45, 2.75) is 33.4 Å². The van der Waals surface area contributed by atoms with Gasteiger partial charge >= 0.3 is 5.69 Å². The van der Waals surface area contributed by atoms with E-state index in [4.69, 9.17) is 4.74 Å². The van der Waals surface area contributed by atoms with Crippen LogP contribution < -0.4 is 5.69 Å². The average Bonchev–Trinajstić information content (AvgIpc) is 3.32. The summed E-state index contributed by atoms with van der Waals surface area (Å²) in [4.78, 5) is 25.1. The topological polar surface area (TPSA) is 83.9 Å². The molecule has 0 aliphatic heterocycles. The molecule has 8 nitrogen and oxygen atoms in total. The first-order valence-corrected chi connectivity index (χ1v) is 9.16. The minimum atomic E-state index is -0.422. The van der Waals surface area contributed by atoms with Gasteiger partial charge in [0.05, 0.1) is 0 Å². The van der Waals surface area contributed by atoms with Crippen LogP contribution in [0.4, 0.5) is 0 Å². The second kappa shape index (κ2) is 7.79. The van der Waals surface area contributed by atoms with E-state index in [1.165, 1.54) is 16.0 Å². The van der Waals surface area contributed by atoms with Crippen molar-refractivity contribution in [2.24, 2.45) is 0 Å². The Morgan fingerprint density at radius 1 is 1.31 bits per heavy atom. The summed E-state index contributed by atoms with van der Waals surface area (Å²) in [5, 5.41) is 10.2. The highest BCUT2D eigenvalue weighted by Gasteiger charge is 2.19. The molecule has 0 saturated carbocycles. The van der Waals surface area contributed by atoms with Gasteiger partial charge in [-0.05, 0) is 54.3 Å². The minimum absolute atomic E-state index is 0.132. The summed E-state index contributed by atoms with van der Waals surface area (Å²) in [7, 11) is 1.67. The van der Waals surface area contributed by atoms with E-state index in [0.717, 1.165) is 29.0 Å². The van der Waals surface area contributed by atoms with Crippen LogP contribution in [0.25, 0.3) is 5.00 Å². The molecule has 0 spiro atoms. The lowest BCUT2D eigenvalue weighted by molar-refractivity contribution is 0.0964. The number of hydrogen-bond acceptors (Lipinski definition) is 6. The molecule has 0 unspecified atom stereocenters. The summed E-state index contributed by atoms with van der Waals surface area (Å²) in [6.07, 6.45) is 0.870. The molecule has 3 rings (SSSR count). The van der Waals surface area contributed by atoms with Crippen molar-refractivity contribution >= 4 is 17.1 Å². The first kappa shape index (κ1) is 18.3. The number of Topliss-reactive ketones (excluding diaryl/α,β-unsaturated/α-hetero) is 1. The van der Waals surface area contributed by atoms with Crippen LogP contribution in [0.1, 0.15) is 28.2 Å². The number of ketones is 1. The van der Waals surface area contributed by atoms with Crippen LogP contribution in [0, 0.1) is 13.8 Å². The van der Waals surface area contributed by atoms with Crippen LogP contribution in [0.3, 0.4) is 0 Å². The molecule has 0 fully saturated rings. The number of hydrogen-bond donors (Lipinski definition) is 0. The Labute approximate surface area is 154 Å². The molecule has 0 amide bonds. The van der Waals surface area contributed by atoms with Crippen molar-refractivity contribution in [1.29, 1.82) is 0 Å². The molecule has 3 heterocycles. The number of aromatic nitrogens is 5. The van der Waals surface area contributed by atoms with E-state index in [-0.39, 0.29) is 12.3 Å². The van der Waals surface area contributed by atoms with E-state index in [9.17, 15) is 9.59 Å². The Bertz CT molecular complexity index is 952. The molecule has 0 radical (unpaired) electrons. The minimum Gasteiger partial charge on any atom is -0.385 e. The number of thiophene rings is 1. The average molecular weight is 375 g/mol. The van der Waals surface area contributed by atoms with E-state index in [2.05, 4.69) is 15.0 Å². The molecule has 0 aromatic carbocycles. The predicted molar refractivity (Wildman–Crippen MR) is 98.2 cm³/mol. The van der Waals surface area contributed by atoms with E-state index < -0.39 is 5.69 Å². The summed E-state index contributed by atoms with van der Waals surface area (Å²) in [5.41, 5.74) is 2.09. The molecule has 9 heteroatoms.